The molecule has 0 unspecified atom stereocenters. The van der Waals surface area contributed by atoms with Crippen LogP contribution >= 0.6 is 22.6 Å². The average molecular weight is 297 g/mol. The third kappa shape index (κ3) is 1.40. The first-order valence-electron chi connectivity index (χ1n) is 3.83. The highest BCUT2D eigenvalue weighted by Gasteiger charge is 2.04. The zero-order valence-corrected chi connectivity index (χ0v) is 9.11. The molecule has 0 aliphatic rings. The van der Waals surface area contributed by atoms with Gasteiger partial charge < -0.3 is 4.42 Å². The Labute approximate surface area is 93.1 Å². The summed E-state index contributed by atoms with van der Waals surface area (Å²) in [5.41, 5.74) is 0.880. The van der Waals surface area contributed by atoms with E-state index in [0.29, 0.717) is 20.1 Å². The minimum atomic E-state index is -0.0936. The van der Waals surface area contributed by atoms with Crippen molar-refractivity contribution in [3.05, 3.63) is 43.8 Å². The van der Waals surface area contributed by atoms with Crippen LogP contribution in [0.5, 0.6) is 0 Å². The molecule has 0 saturated carbocycles. The Morgan fingerprint density at radius 2 is 2.21 bits per heavy atom. The Morgan fingerprint density at radius 1 is 1.43 bits per heavy atom. The van der Waals surface area contributed by atoms with Crippen LogP contribution in [0.4, 0.5) is 0 Å². The highest BCUT2D eigenvalue weighted by atomic mass is 127. The van der Waals surface area contributed by atoms with Crippen molar-refractivity contribution in [3.8, 4) is 6.07 Å². The van der Waals surface area contributed by atoms with Crippen LogP contribution in [0.1, 0.15) is 5.56 Å². The van der Waals surface area contributed by atoms with Gasteiger partial charge in [-0.25, -0.2) is 0 Å². The van der Waals surface area contributed by atoms with Gasteiger partial charge in [0.2, 0.25) is 5.43 Å². The molecule has 0 amide bonds. The van der Waals surface area contributed by atoms with E-state index in [9.17, 15) is 4.79 Å². The van der Waals surface area contributed by atoms with Gasteiger partial charge in [0.1, 0.15) is 11.8 Å². The van der Waals surface area contributed by atoms with Crippen molar-refractivity contribution in [3.63, 3.8) is 0 Å². The molecule has 0 fully saturated rings. The lowest BCUT2D eigenvalue weighted by Crippen LogP contribution is -2.04. The largest absolute Gasteiger partial charge is 0.463 e. The van der Waals surface area contributed by atoms with Gasteiger partial charge in [-0.3, -0.25) is 4.79 Å². The number of fused-ring (bicyclic) bond motifs is 1. The molecule has 2 aromatic rings. The molecule has 14 heavy (non-hydrogen) atoms. The van der Waals surface area contributed by atoms with Gasteiger partial charge in [-0.15, -0.1) is 0 Å². The minimum Gasteiger partial charge on any atom is -0.463 e. The van der Waals surface area contributed by atoms with E-state index < -0.39 is 0 Å². The van der Waals surface area contributed by atoms with Crippen molar-refractivity contribution in [1.29, 1.82) is 5.26 Å². The van der Waals surface area contributed by atoms with E-state index in [1.807, 2.05) is 28.7 Å². The third-order valence-electron chi connectivity index (χ3n) is 1.86. The maximum Gasteiger partial charge on any atom is 0.206 e. The van der Waals surface area contributed by atoms with Crippen molar-refractivity contribution in [2.75, 3.05) is 0 Å². The summed E-state index contributed by atoms with van der Waals surface area (Å²) in [7, 11) is 0. The van der Waals surface area contributed by atoms with Crippen LogP contribution in [-0.2, 0) is 0 Å². The zero-order valence-electron chi connectivity index (χ0n) is 6.95. The highest BCUT2D eigenvalue weighted by molar-refractivity contribution is 14.1. The third-order valence-corrected chi connectivity index (χ3v) is 2.60. The SMILES string of the molecule is N#Cc1ccc2occ(I)c(=O)c2c1. The quantitative estimate of drug-likeness (QED) is 0.701. The highest BCUT2D eigenvalue weighted by Crippen LogP contribution is 2.13. The summed E-state index contributed by atoms with van der Waals surface area (Å²) in [5, 5.41) is 9.13. The average Bonchev–Trinajstić information content (AvgIpc) is 2.23. The molecule has 0 aliphatic carbocycles. The van der Waals surface area contributed by atoms with E-state index in [1.165, 1.54) is 6.26 Å². The smallest absolute Gasteiger partial charge is 0.206 e. The van der Waals surface area contributed by atoms with Crippen molar-refractivity contribution in [1.82, 2.24) is 0 Å². The summed E-state index contributed by atoms with van der Waals surface area (Å²) in [4.78, 5) is 11.6. The fourth-order valence-corrected chi connectivity index (χ4v) is 1.59. The Bertz CT molecular complexity index is 595. The van der Waals surface area contributed by atoms with Crippen LogP contribution in [0.3, 0.4) is 0 Å². The maximum atomic E-state index is 11.6. The van der Waals surface area contributed by atoms with Gasteiger partial charge >= 0.3 is 0 Å². The number of rotatable bonds is 0. The standard InChI is InChI=1S/C10H4INO2/c11-8-5-14-9-2-1-6(4-12)3-7(9)10(8)13/h1-3,5H. The summed E-state index contributed by atoms with van der Waals surface area (Å²) in [5.74, 6) is 0. The molecule has 1 aromatic carbocycles. The first kappa shape index (κ1) is 9.21. The molecule has 0 atom stereocenters. The van der Waals surface area contributed by atoms with Gasteiger partial charge in [0.25, 0.3) is 0 Å². The van der Waals surface area contributed by atoms with Gasteiger partial charge in [0.05, 0.1) is 20.6 Å². The zero-order chi connectivity index (χ0) is 10.1. The Morgan fingerprint density at radius 3 is 2.93 bits per heavy atom. The molecule has 4 heteroatoms. The first-order chi connectivity index (χ1) is 6.72. The second kappa shape index (κ2) is 3.42. The van der Waals surface area contributed by atoms with Crippen LogP contribution in [-0.4, -0.2) is 0 Å². The summed E-state index contributed by atoms with van der Waals surface area (Å²) >= 11 is 1.91. The predicted molar refractivity (Wildman–Crippen MR) is 59.9 cm³/mol. The summed E-state index contributed by atoms with van der Waals surface area (Å²) in [6.07, 6.45) is 1.41. The molecule has 68 valence electrons. The molecule has 2 rings (SSSR count). The number of hydrogen-bond donors (Lipinski definition) is 0. The fraction of sp³-hybridized carbons (Fsp3) is 0. The van der Waals surface area contributed by atoms with Crippen molar-refractivity contribution >= 4 is 33.6 Å². The topological polar surface area (TPSA) is 54.0 Å². The summed E-state index contributed by atoms with van der Waals surface area (Å²) in [6, 6.07) is 6.78. The molecule has 0 radical (unpaired) electrons. The van der Waals surface area contributed by atoms with Crippen LogP contribution in [0.2, 0.25) is 0 Å². The number of hydrogen-bond acceptors (Lipinski definition) is 3. The summed E-state index contributed by atoms with van der Waals surface area (Å²) < 4.78 is 5.72. The van der Waals surface area contributed by atoms with Gasteiger partial charge in [-0.2, -0.15) is 5.26 Å². The maximum absolute atomic E-state index is 11.6. The van der Waals surface area contributed by atoms with Gasteiger partial charge in [-0.1, -0.05) is 0 Å². The lowest BCUT2D eigenvalue weighted by molar-refractivity contribution is 0.598. The molecule has 0 bridgehead atoms. The molecule has 0 spiro atoms. The summed E-state index contributed by atoms with van der Waals surface area (Å²) in [6.45, 7) is 0. The Balaban J connectivity index is 2.93. The Hall–Kier alpha value is -1.35. The van der Waals surface area contributed by atoms with Crippen LogP contribution in [0.15, 0.2) is 33.7 Å². The molecule has 1 heterocycles. The van der Waals surface area contributed by atoms with E-state index in [-0.39, 0.29) is 5.43 Å². The van der Waals surface area contributed by atoms with E-state index in [0.717, 1.165) is 0 Å². The number of nitrogens with zero attached hydrogens (tertiary/aromatic N) is 1. The monoisotopic (exact) mass is 297 g/mol. The predicted octanol–water partition coefficient (Wildman–Crippen LogP) is 2.27. The molecule has 3 nitrogen and oxygen atoms in total. The van der Waals surface area contributed by atoms with Crippen molar-refractivity contribution in [2.45, 2.75) is 0 Å². The Kier molecular flexibility index (Phi) is 2.25. The molecule has 0 N–H and O–H groups in total. The lowest BCUT2D eigenvalue weighted by Gasteiger charge is -1.96. The molecular formula is C10H4INO2. The minimum absolute atomic E-state index is 0.0936. The van der Waals surface area contributed by atoms with Crippen LogP contribution < -0.4 is 5.43 Å². The van der Waals surface area contributed by atoms with Gasteiger partial charge in [-0.05, 0) is 40.8 Å². The second-order valence-electron chi connectivity index (χ2n) is 2.74. The molecule has 0 aliphatic heterocycles. The van der Waals surface area contributed by atoms with Crippen LogP contribution in [0, 0.1) is 14.9 Å². The van der Waals surface area contributed by atoms with Gasteiger partial charge in [0.15, 0.2) is 0 Å². The molecular weight excluding hydrogens is 293 g/mol. The second-order valence-corrected chi connectivity index (χ2v) is 3.90. The normalized spacial score (nSPS) is 10.0. The van der Waals surface area contributed by atoms with Crippen molar-refractivity contribution in [2.24, 2.45) is 0 Å². The lowest BCUT2D eigenvalue weighted by atomic mass is 10.1. The molecule has 1 aromatic heterocycles. The van der Waals surface area contributed by atoms with E-state index >= 15 is 0 Å². The number of halogens is 1. The van der Waals surface area contributed by atoms with E-state index in [2.05, 4.69) is 0 Å². The van der Waals surface area contributed by atoms with E-state index in [4.69, 9.17) is 9.68 Å². The number of nitriles is 1. The van der Waals surface area contributed by atoms with Crippen LogP contribution in [0.25, 0.3) is 11.0 Å². The van der Waals surface area contributed by atoms with Crippen molar-refractivity contribution < 1.29 is 4.42 Å². The van der Waals surface area contributed by atoms with Gasteiger partial charge in [0, 0.05) is 0 Å². The first-order valence-corrected chi connectivity index (χ1v) is 4.91. The fourth-order valence-electron chi connectivity index (χ4n) is 1.18. The van der Waals surface area contributed by atoms with E-state index in [1.54, 1.807) is 18.2 Å². The molecule has 0 saturated heterocycles. The number of benzene rings is 1.